The summed E-state index contributed by atoms with van der Waals surface area (Å²) in [4.78, 5) is 2.50. The Kier molecular flexibility index (Phi) is 10.2. The van der Waals surface area contributed by atoms with Crippen molar-refractivity contribution < 1.29 is 0 Å². The van der Waals surface area contributed by atoms with Crippen molar-refractivity contribution >= 4 is 17.1 Å². The lowest BCUT2D eigenvalue weighted by molar-refractivity contribution is 0.714. The molecule has 1 heteroatoms. The number of hydrogen-bond acceptors (Lipinski definition) is 1. The van der Waals surface area contributed by atoms with Gasteiger partial charge in [-0.2, -0.15) is 0 Å². The van der Waals surface area contributed by atoms with Gasteiger partial charge in [-0.3, -0.25) is 0 Å². The van der Waals surface area contributed by atoms with Gasteiger partial charge in [0, 0.05) is 22.5 Å². The molecule has 0 radical (unpaired) electrons. The molecule has 0 aliphatic heterocycles. The van der Waals surface area contributed by atoms with Gasteiger partial charge in [0.2, 0.25) is 0 Å². The molecule has 0 spiro atoms. The Morgan fingerprint density at radius 2 is 0.584 bits per heavy atom. The number of nitrogens with zero attached hydrogens (tertiary/aromatic N) is 1. The molecule has 12 aromatic carbocycles. The molecule has 0 N–H and O–H groups in total. The first-order valence-electron chi connectivity index (χ1n) is 27.0. The lowest BCUT2D eigenvalue weighted by atomic mass is 9.67. The summed E-state index contributed by atoms with van der Waals surface area (Å²) in [5.74, 6) is 0. The smallest absolute Gasteiger partial charge is 0.0714 e. The fraction of sp³-hybridized carbons (Fsp3) is 0.0526. The van der Waals surface area contributed by atoms with E-state index in [1.807, 2.05) is 0 Å². The van der Waals surface area contributed by atoms with Crippen LogP contribution in [0.5, 0.6) is 0 Å². The first-order chi connectivity index (χ1) is 38.1. The molecule has 3 aliphatic carbocycles. The summed E-state index contributed by atoms with van der Waals surface area (Å²) < 4.78 is 0. The fourth-order valence-corrected chi connectivity index (χ4v) is 14.2. The lowest BCUT2D eigenvalue weighted by Crippen LogP contribution is -2.28. The topological polar surface area (TPSA) is 3.24 Å². The van der Waals surface area contributed by atoms with Gasteiger partial charge in [0.1, 0.15) is 0 Å². The average molecular weight is 980 g/mol. The van der Waals surface area contributed by atoms with E-state index >= 15 is 0 Å². The molecule has 1 nitrogen and oxygen atoms in total. The monoisotopic (exact) mass is 979 g/mol. The molecule has 0 heterocycles. The van der Waals surface area contributed by atoms with Gasteiger partial charge >= 0.3 is 0 Å². The van der Waals surface area contributed by atoms with Crippen molar-refractivity contribution in [2.75, 3.05) is 4.90 Å². The summed E-state index contributed by atoms with van der Waals surface area (Å²) >= 11 is 0. The quantitative estimate of drug-likeness (QED) is 0.139. The van der Waals surface area contributed by atoms with Crippen molar-refractivity contribution in [3.8, 4) is 44.5 Å². The number of rotatable bonds is 9. The first kappa shape index (κ1) is 44.9. The van der Waals surface area contributed by atoms with Gasteiger partial charge in [-0.1, -0.05) is 267 Å². The third kappa shape index (κ3) is 6.41. The molecule has 0 fully saturated rings. The molecule has 0 saturated heterocycles. The van der Waals surface area contributed by atoms with Gasteiger partial charge in [-0.05, 0) is 149 Å². The normalized spacial score (nSPS) is 15.6. The van der Waals surface area contributed by atoms with Gasteiger partial charge in [0.15, 0.2) is 0 Å². The van der Waals surface area contributed by atoms with Gasteiger partial charge in [0.05, 0.1) is 10.8 Å². The summed E-state index contributed by atoms with van der Waals surface area (Å²) in [6, 6.07) is 113. The van der Waals surface area contributed by atoms with E-state index in [1.165, 1.54) is 106 Å². The Morgan fingerprint density at radius 1 is 0.234 bits per heavy atom. The zero-order valence-electron chi connectivity index (χ0n) is 42.8. The lowest BCUT2D eigenvalue weighted by Gasteiger charge is -2.35. The largest absolute Gasteiger partial charge is 0.310 e. The Hall–Kier alpha value is -9.56. The number of benzene rings is 12. The van der Waals surface area contributed by atoms with Crippen molar-refractivity contribution in [3.63, 3.8) is 0 Å². The molecule has 362 valence electrons. The second-order valence-electron chi connectivity index (χ2n) is 21.2. The highest BCUT2D eigenvalue weighted by molar-refractivity contribution is 5.97. The maximum Gasteiger partial charge on any atom is 0.0714 e. The van der Waals surface area contributed by atoms with Crippen LogP contribution >= 0.6 is 0 Å². The van der Waals surface area contributed by atoms with E-state index in [9.17, 15) is 0 Å². The maximum absolute atomic E-state index is 2.50. The minimum absolute atomic E-state index is 0.368. The van der Waals surface area contributed by atoms with E-state index < -0.39 is 10.8 Å². The van der Waals surface area contributed by atoms with E-state index in [0.29, 0.717) is 0 Å². The van der Waals surface area contributed by atoms with Crippen molar-refractivity contribution in [3.05, 3.63) is 365 Å². The van der Waals surface area contributed by atoms with Crippen LogP contribution in [0.4, 0.5) is 17.1 Å². The minimum Gasteiger partial charge on any atom is -0.310 e. The Morgan fingerprint density at radius 3 is 1.12 bits per heavy atom. The van der Waals surface area contributed by atoms with Crippen molar-refractivity contribution in [2.24, 2.45) is 0 Å². The van der Waals surface area contributed by atoms with E-state index in [4.69, 9.17) is 0 Å². The fourth-order valence-electron chi connectivity index (χ4n) is 14.2. The summed E-state index contributed by atoms with van der Waals surface area (Å²) in [5, 5.41) is 0. The van der Waals surface area contributed by atoms with Crippen LogP contribution in [0, 0.1) is 0 Å². The molecule has 77 heavy (non-hydrogen) atoms. The number of anilines is 3. The van der Waals surface area contributed by atoms with Crippen LogP contribution in [-0.4, -0.2) is 0 Å². The molecule has 12 aromatic rings. The molecule has 0 bridgehead atoms. The molecule has 0 saturated carbocycles. The summed E-state index contributed by atoms with van der Waals surface area (Å²) in [6.45, 7) is 2.41. The second kappa shape index (κ2) is 17.5. The minimum atomic E-state index is -0.551. The van der Waals surface area contributed by atoms with Crippen LogP contribution in [0.25, 0.3) is 44.5 Å². The highest BCUT2D eigenvalue weighted by Gasteiger charge is 2.48. The zero-order valence-corrected chi connectivity index (χ0v) is 42.8. The van der Waals surface area contributed by atoms with Crippen LogP contribution in [0.1, 0.15) is 68.1 Å². The van der Waals surface area contributed by atoms with E-state index in [1.54, 1.807) is 0 Å². The third-order valence-corrected chi connectivity index (χ3v) is 17.5. The Balaban J connectivity index is 0.947. The predicted octanol–water partition coefficient (Wildman–Crippen LogP) is 18.9. The van der Waals surface area contributed by atoms with Crippen molar-refractivity contribution in [1.82, 2.24) is 0 Å². The van der Waals surface area contributed by atoms with E-state index in [-0.39, 0.29) is 5.41 Å². The molecule has 15 rings (SSSR count). The molecule has 3 aliphatic rings. The Labute approximate surface area is 451 Å². The average Bonchev–Trinajstić information content (AvgIpc) is 4.32. The molecule has 0 aromatic heterocycles. The highest BCUT2D eigenvalue weighted by Crippen LogP contribution is 2.60. The maximum atomic E-state index is 2.50. The third-order valence-electron chi connectivity index (χ3n) is 17.5. The number of hydrogen-bond donors (Lipinski definition) is 0. The first-order valence-corrected chi connectivity index (χ1v) is 27.0. The second-order valence-corrected chi connectivity index (χ2v) is 21.2. The standard InChI is InChI=1S/C76H53N/c1-74(53-24-7-2-8-25-53)67-38-20-17-34-62(67)64-48-46-59(50-71(64)74)77(60-47-49-65-63-35-18-21-39-68(63)76(72(65)51-60,56-30-13-5-14-31-56)57-32-15-6-16-33-57)58-44-42-52(43-45-58)61-37-23-41-70-73(61)66-36-19-22-40-69(66)75(70,54-26-9-3-10-27-54)55-28-11-4-12-29-55/h2-51H,1H3. The van der Waals surface area contributed by atoms with Gasteiger partial charge < -0.3 is 4.90 Å². The van der Waals surface area contributed by atoms with Crippen LogP contribution in [0.15, 0.2) is 303 Å². The van der Waals surface area contributed by atoms with Crippen LogP contribution in [-0.2, 0) is 16.2 Å². The summed E-state index contributed by atoms with van der Waals surface area (Å²) in [7, 11) is 0. The van der Waals surface area contributed by atoms with Crippen molar-refractivity contribution in [2.45, 2.75) is 23.2 Å². The van der Waals surface area contributed by atoms with Gasteiger partial charge in [-0.15, -0.1) is 0 Å². The molecule has 0 amide bonds. The van der Waals surface area contributed by atoms with Crippen LogP contribution in [0.2, 0.25) is 0 Å². The zero-order chi connectivity index (χ0) is 51.1. The summed E-state index contributed by atoms with van der Waals surface area (Å²) in [6.07, 6.45) is 0. The molecule has 1 unspecified atom stereocenters. The molecular formula is C76H53N. The van der Waals surface area contributed by atoms with Crippen molar-refractivity contribution in [1.29, 1.82) is 0 Å². The Bertz CT molecular complexity index is 4120. The van der Waals surface area contributed by atoms with Gasteiger partial charge in [0.25, 0.3) is 0 Å². The molecule has 1 atom stereocenters. The van der Waals surface area contributed by atoms with Gasteiger partial charge in [-0.25, -0.2) is 0 Å². The predicted molar refractivity (Wildman–Crippen MR) is 319 cm³/mol. The summed E-state index contributed by atoms with van der Waals surface area (Å²) in [5.41, 5.74) is 26.1. The highest BCUT2D eigenvalue weighted by atomic mass is 15.1. The van der Waals surface area contributed by atoms with E-state index in [0.717, 1.165) is 17.1 Å². The number of fused-ring (bicyclic) bond motifs is 9. The van der Waals surface area contributed by atoms with E-state index in [2.05, 4.69) is 315 Å². The van der Waals surface area contributed by atoms with Crippen LogP contribution in [0.3, 0.4) is 0 Å². The molecular weight excluding hydrogens is 927 g/mol. The van der Waals surface area contributed by atoms with Crippen LogP contribution < -0.4 is 4.90 Å². The SMILES string of the molecule is CC1(c2ccccc2)c2ccccc2-c2ccc(N(c3ccc(-c4cccc5c4-c4ccccc4C5(c4ccccc4)c4ccccc4)cc3)c3ccc4c(c3)C(c3ccccc3)(c3ccccc3)c3ccccc3-4)cc21.